The van der Waals surface area contributed by atoms with Crippen molar-refractivity contribution in [3.63, 3.8) is 0 Å². The van der Waals surface area contributed by atoms with Gasteiger partial charge in [-0.2, -0.15) is 0 Å². The van der Waals surface area contributed by atoms with Crippen LogP contribution in [0.5, 0.6) is 0 Å². The van der Waals surface area contributed by atoms with Crippen LogP contribution in [0.2, 0.25) is 0 Å². The Bertz CT molecular complexity index is 742. The fraction of sp³-hybridized carbons (Fsp3) is 0.381. The molecule has 0 bridgehead atoms. The maximum Gasteiger partial charge on any atom is 0.170 e. The second-order valence-electron chi connectivity index (χ2n) is 6.85. The summed E-state index contributed by atoms with van der Waals surface area (Å²) in [7, 11) is 0. The summed E-state index contributed by atoms with van der Waals surface area (Å²) in [5.74, 6) is 0. The van der Waals surface area contributed by atoms with Crippen LogP contribution in [0.1, 0.15) is 28.7 Å². The van der Waals surface area contributed by atoms with Gasteiger partial charge in [-0.25, -0.2) is 0 Å². The van der Waals surface area contributed by atoms with Crippen molar-refractivity contribution in [3.8, 4) is 0 Å². The second kappa shape index (κ2) is 8.45. The van der Waals surface area contributed by atoms with E-state index in [0.29, 0.717) is 5.11 Å². The number of hydrogen-bond donors (Lipinski definition) is 2. The van der Waals surface area contributed by atoms with E-state index in [2.05, 4.69) is 71.8 Å². The van der Waals surface area contributed by atoms with Crippen molar-refractivity contribution in [2.75, 3.05) is 25.0 Å². The third kappa shape index (κ3) is 5.03. The Labute approximate surface area is 156 Å². The molecule has 0 spiro atoms. The van der Waals surface area contributed by atoms with Crippen molar-refractivity contribution in [1.82, 2.24) is 10.2 Å². The SMILES string of the molecule is Cc1ccc(C)c(NC(=S)NCCCN2CCc3ccccc3C2)c1. The van der Waals surface area contributed by atoms with Gasteiger partial charge in [-0.1, -0.05) is 36.4 Å². The fourth-order valence-corrected chi connectivity index (χ4v) is 3.50. The minimum Gasteiger partial charge on any atom is -0.362 e. The Morgan fingerprint density at radius 2 is 1.92 bits per heavy atom. The maximum atomic E-state index is 5.42. The van der Waals surface area contributed by atoms with Crippen molar-refractivity contribution in [2.45, 2.75) is 33.2 Å². The van der Waals surface area contributed by atoms with Gasteiger partial charge < -0.3 is 10.6 Å². The van der Waals surface area contributed by atoms with Crippen LogP contribution in [0.25, 0.3) is 0 Å². The van der Waals surface area contributed by atoms with Gasteiger partial charge in [-0.05, 0) is 67.2 Å². The molecule has 1 heterocycles. The second-order valence-corrected chi connectivity index (χ2v) is 7.26. The highest BCUT2D eigenvalue weighted by Gasteiger charge is 2.14. The largest absolute Gasteiger partial charge is 0.362 e. The fourth-order valence-electron chi connectivity index (χ4n) is 3.29. The van der Waals surface area contributed by atoms with E-state index in [0.717, 1.165) is 44.7 Å². The summed E-state index contributed by atoms with van der Waals surface area (Å²) in [5.41, 5.74) is 6.53. The molecule has 0 radical (unpaired) electrons. The monoisotopic (exact) mass is 353 g/mol. The predicted octanol–water partition coefficient (Wildman–Crippen LogP) is 4.04. The number of hydrogen-bond acceptors (Lipinski definition) is 2. The lowest BCUT2D eigenvalue weighted by atomic mass is 10.00. The summed E-state index contributed by atoms with van der Waals surface area (Å²) in [5, 5.41) is 7.35. The molecule has 0 aromatic heterocycles. The number of fused-ring (bicyclic) bond motifs is 1. The van der Waals surface area contributed by atoms with Gasteiger partial charge >= 0.3 is 0 Å². The van der Waals surface area contributed by atoms with Gasteiger partial charge in [0.1, 0.15) is 0 Å². The normalized spacial score (nSPS) is 14.0. The molecule has 132 valence electrons. The average Bonchev–Trinajstić information content (AvgIpc) is 2.62. The zero-order valence-corrected chi connectivity index (χ0v) is 16.0. The number of aryl methyl sites for hydroxylation is 2. The molecule has 3 rings (SSSR count). The minimum atomic E-state index is 0.706. The molecule has 2 N–H and O–H groups in total. The van der Waals surface area contributed by atoms with Crippen LogP contribution in [0.4, 0.5) is 5.69 Å². The standard InChI is InChI=1S/C21H27N3S/c1-16-8-9-17(2)20(14-16)23-21(25)22-11-5-12-24-13-10-18-6-3-4-7-19(18)15-24/h3-4,6-9,14H,5,10-13,15H2,1-2H3,(H2,22,23,25). The molecule has 1 aliphatic rings. The van der Waals surface area contributed by atoms with Crippen molar-refractivity contribution in [2.24, 2.45) is 0 Å². The van der Waals surface area contributed by atoms with E-state index in [9.17, 15) is 0 Å². The van der Waals surface area contributed by atoms with Gasteiger partial charge in [0.2, 0.25) is 0 Å². The first-order valence-corrected chi connectivity index (χ1v) is 9.44. The van der Waals surface area contributed by atoms with E-state index in [-0.39, 0.29) is 0 Å². The van der Waals surface area contributed by atoms with Crippen molar-refractivity contribution < 1.29 is 0 Å². The maximum absolute atomic E-state index is 5.42. The molecule has 0 amide bonds. The van der Waals surface area contributed by atoms with Gasteiger partial charge in [0.05, 0.1) is 0 Å². The lowest BCUT2D eigenvalue weighted by Crippen LogP contribution is -2.34. The van der Waals surface area contributed by atoms with Gasteiger partial charge in [0.15, 0.2) is 5.11 Å². The molecule has 4 heteroatoms. The van der Waals surface area contributed by atoms with Crippen LogP contribution in [0.3, 0.4) is 0 Å². The summed E-state index contributed by atoms with van der Waals surface area (Å²) < 4.78 is 0. The molecule has 0 fully saturated rings. The van der Waals surface area contributed by atoms with Crippen LogP contribution in [-0.2, 0) is 13.0 Å². The molecular weight excluding hydrogens is 326 g/mol. The lowest BCUT2D eigenvalue weighted by molar-refractivity contribution is 0.251. The highest BCUT2D eigenvalue weighted by atomic mass is 32.1. The Hall–Kier alpha value is -1.91. The number of nitrogens with one attached hydrogen (secondary N) is 2. The van der Waals surface area contributed by atoms with E-state index in [4.69, 9.17) is 12.2 Å². The molecule has 0 unspecified atom stereocenters. The number of rotatable bonds is 5. The highest BCUT2D eigenvalue weighted by Crippen LogP contribution is 2.18. The lowest BCUT2D eigenvalue weighted by Gasteiger charge is -2.28. The molecule has 1 aliphatic heterocycles. The van der Waals surface area contributed by atoms with Crippen molar-refractivity contribution in [3.05, 3.63) is 64.7 Å². The van der Waals surface area contributed by atoms with Crippen molar-refractivity contribution in [1.29, 1.82) is 0 Å². The number of benzene rings is 2. The van der Waals surface area contributed by atoms with Crippen LogP contribution in [-0.4, -0.2) is 29.6 Å². The molecule has 0 saturated carbocycles. The first-order valence-electron chi connectivity index (χ1n) is 9.03. The topological polar surface area (TPSA) is 27.3 Å². The Morgan fingerprint density at radius 3 is 2.76 bits per heavy atom. The molecule has 2 aromatic rings. The van der Waals surface area contributed by atoms with Crippen LogP contribution < -0.4 is 10.6 Å². The molecule has 0 atom stereocenters. The molecule has 25 heavy (non-hydrogen) atoms. The molecule has 0 saturated heterocycles. The summed E-state index contributed by atoms with van der Waals surface area (Å²) in [6, 6.07) is 15.2. The summed E-state index contributed by atoms with van der Waals surface area (Å²) >= 11 is 5.42. The molecular formula is C21H27N3S. The molecule has 0 aliphatic carbocycles. The zero-order valence-electron chi connectivity index (χ0n) is 15.1. The van der Waals surface area contributed by atoms with E-state index in [1.165, 1.54) is 22.3 Å². The molecule has 2 aromatic carbocycles. The summed E-state index contributed by atoms with van der Waals surface area (Å²) in [6.07, 6.45) is 2.26. The first kappa shape index (κ1) is 17.9. The highest BCUT2D eigenvalue weighted by molar-refractivity contribution is 7.80. The quantitative estimate of drug-likeness (QED) is 0.627. The number of thiocarbonyl (C=S) groups is 1. The van der Waals surface area contributed by atoms with E-state index < -0.39 is 0 Å². The summed E-state index contributed by atoms with van der Waals surface area (Å²) in [4.78, 5) is 2.53. The van der Waals surface area contributed by atoms with E-state index in [1.807, 2.05) is 0 Å². The first-order chi connectivity index (χ1) is 12.1. The smallest absolute Gasteiger partial charge is 0.170 e. The van der Waals surface area contributed by atoms with Gasteiger partial charge in [0, 0.05) is 31.9 Å². The third-order valence-electron chi connectivity index (χ3n) is 4.79. The third-order valence-corrected chi connectivity index (χ3v) is 5.03. The van der Waals surface area contributed by atoms with Crippen LogP contribution >= 0.6 is 12.2 Å². The molecule has 3 nitrogen and oxygen atoms in total. The van der Waals surface area contributed by atoms with E-state index >= 15 is 0 Å². The Kier molecular flexibility index (Phi) is 6.05. The number of anilines is 1. The van der Waals surface area contributed by atoms with Gasteiger partial charge in [0.25, 0.3) is 0 Å². The number of nitrogens with zero attached hydrogens (tertiary/aromatic N) is 1. The van der Waals surface area contributed by atoms with Gasteiger partial charge in [-0.15, -0.1) is 0 Å². The van der Waals surface area contributed by atoms with Crippen LogP contribution in [0, 0.1) is 13.8 Å². The summed E-state index contributed by atoms with van der Waals surface area (Å²) in [6.45, 7) is 8.42. The zero-order chi connectivity index (χ0) is 17.6. The average molecular weight is 354 g/mol. The Morgan fingerprint density at radius 1 is 1.12 bits per heavy atom. The van der Waals surface area contributed by atoms with Gasteiger partial charge in [-0.3, -0.25) is 4.90 Å². The van der Waals surface area contributed by atoms with Crippen LogP contribution in [0.15, 0.2) is 42.5 Å². The Balaban J connectivity index is 1.39. The predicted molar refractivity (Wildman–Crippen MR) is 110 cm³/mol. The minimum absolute atomic E-state index is 0.706. The van der Waals surface area contributed by atoms with E-state index in [1.54, 1.807) is 0 Å². The van der Waals surface area contributed by atoms with Crippen molar-refractivity contribution >= 4 is 23.0 Å².